The fourth-order valence-electron chi connectivity index (χ4n) is 2.85. The topological polar surface area (TPSA) is 105 Å². The van der Waals surface area contributed by atoms with Crippen LogP contribution in [0.25, 0.3) is 0 Å². The lowest BCUT2D eigenvalue weighted by Crippen LogP contribution is -2.53. The van der Waals surface area contributed by atoms with E-state index in [0.717, 1.165) is 5.56 Å². The first-order valence-electron chi connectivity index (χ1n) is 9.39. The second kappa shape index (κ2) is 9.49. The van der Waals surface area contributed by atoms with E-state index in [-0.39, 0.29) is 23.9 Å². The summed E-state index contributed by atoms with van der Waals surface area (Å²) in [5.74, 6) is -1.33. The highest BCUT2D eigenvalue weighted by Crippen LogP contribution is 2.25. The lowest BCUT2D eigenvalue weighted by molar-refractivity contribution is -0.140. The summed E-state index contributed by atoms with van der Waals surface area (Å²) >= 11 is 0. The molecule has 0 unspecified atom stereocenters. The monoisotopic (exact) mass is 411 g/mol. The lowest BCUT2D eigenvalue weighted by atomic mass is 10.2. The number of benzene rings is 1. The summed E-state index contributed by atoms with van der Waals surface area (Å²) < 4.78 is 33.2. The van der Waals surface area contributed by atoms with E-state index in [0.29, 0.717) is 25.1 Å². The molecule has 0 bridgehead atoms. The molecule has 9 heteroatoms. The molecule has 0 radical (unpaired) electrons. The molecular weight excluding hydrogens is 382 g/mol. The van der Waals surface area contributed by atoms with Crippen LogP contribution >= 0.6 is 0 Å². The molecular formula is C19H29N3O5S. The van der Waals surface area contributed by atoms with E-state index in [1.165, 1.54) is 4.31 Å². The van der Waals surface area contributed by atoms with E-state index in [1.807, 2.05) is 26.8 Å². The number of nitrogens with zero attached hydrogens (tertiary/aromatic N) is 1. The molecule has 1 atom stereocenters. The van der Waals surface area contributed by atoms with Gasteiger partial charge in [-0.25, -0.2) is 8.42 Å². The molecule has 1 fully saturated rings. The Kier molecular flexibility index (Phi) is 7.56. The molecule has 1 aliphatic rings. The highest BCUT2D eigenvalue weighted by molar-refractivity contribution is 7.89. The molecule has 2 rings (SSSR count). The van der Waals surface area contributed by atoms with Crippen molar-refractivity contribution in [1.82, 2.24) is 14.9 Å². The fraction of sp³-hybridized carbons (Fsp3) is 0.579. The standard InChI is InChI=1S/C19H29N3O5S/c1-13(2)11-20-18(23)19(24)21-12-17-22(8-5-9-27-17)28(25,26)16-10-14(3)6-7-15(16)4/h6-7,10,13,17H,5,8-9,11-12H2,1-4H3,(H,20,23)(H,21,24)/t17-/m1/s1. The van der Waals surface area contributed by atoms with Crippen molar-refractivity contribution in [1.29, 1.82) is 0 Å². The summed E-state index contributed by atoms with van der Waals surface area (Å²) in [6, 6.07) is 5.26. The van der Waals surface area contributed by atoms with Gasteiger partial charge in [0.25, 0.3) is 0 Å². The third-order valence-electron chi connectivity index (χ3n) is 4.40. The minimum Gasteiger partial charge on any atom is -0.360 e. The number of sulfonamides is 1. The molecule has 0 aliphatic carbocycles. The molecule has 1 aromatic carbocycles. The predicted molar refractivity (Wildman–Crippen MR) is 105 cm³/mol. The van der Waals surface area contributed by atoms with Gasteiger partial charge in [-0.2, -0.15) is 4.31 Å². The summed E-state index contributed by atoms with van der Waals surface area (Å²) in [5, 5.41) is 5.00. The third kappa shape index (κ3) is 5.52. The Morgan fingerprint density at radius 1 is 1.21 bits per heavy atom. The average molecular weight is 412 g/mol. The number of aryl methyl sites for hydroxylation is 2. The average Bonchev–Trinajstić information content (AvgIpc) is 2.66. The number of nitrogens with one attached hydrogen (secondary N) is 2. The Morgan fingerprint density at radius 3 is 2.57 bits per heavy atom. The van der Waals surface area contributed by atoms with Crippen molar-refractivity contribution in [2.45, 2.75) is 45.2 Å². The molecule has 0 aromatic heterocycles. The Morgan fingerprint density at radius 2 is 1.89 bits per heavy atom. The van der Waals surface area contributed by atoms with E-state index < -0.39 is 28.1 Å². The van der Waals surface area contributed by atoms with Gasteiger partial charge in [-0.1, -0.05) is 26.0 Å². The van der Waals surface area contributed by atoms with Gasteiger partial charge in [0.05, 0.1) is 18.0 Å². The molecule has 156 valence electrons. The van der Waals surface area contributed by atoms with Crippen LogP contribution in [0.15, 0.2) is 23.1 Å². The van der Waals surface area contributed by atoms with Crippen molar-refractivity contribution in [2.75, 3.05) is 26.2 Å². The minimum absolute atomic E-state index is 0.0992. The van der Waals surface area contributed by atoms with E-state index in [4.69, 9.17) is 4.74 Å². The quantitative estimate of drug-likeness (QED) is 0.678. The Balaban J connectivity index is 2.10. The van der Waals surface area contributed by atoms with Crippen LogP contribution in [-0.2, 0) is 24.3 Å². The zero-order chi connectivity index (χ0) is 20.9. The highest BCUT2D eigenvalue weighted by atomic mass is 32.2. The van der Waals surface area contributed by atoms with Gasteiger partial charge in [-0.3, -0.25) is 9.59 Å². The van der Waals surface area contributed by atoms with Gasteiger partial charge in [-0.05, 0) is 43.4 Å². The van der Waals surface area contributed by atoms with Gasteiger partial charge in [0.2, 0.25) is 10.0 Å². The maximum Gasteiger partial charge on any atom is 0.309 e. The molecule has 2 amide bonds. The van der Waals surface area contributed by atoms with Gasteiger partial charge in [0.1, 0.15) is 6.23 Å². The highest BCUT2D eigenvalue weighted by Gasteiger charge is 2.35. The van der Waals surface area contributed by atoms with Crippen LogP contribution in [0, 0.1) is 19.8 Å². The molecule has 1 heterocycles. The van der Waals surface area contributed by atoms with E-state index in [1.54, 1.807) is 19.1 Å². The van der Waals surface area contributed by atoms with Gasteiger partial charge in [0.15, 0.2) is 0 Å². The minimum atomic E-state index is -3.80. The predicted octanol–water partition coefficient (Wildman–Crippen LogP) is 0.929. The number of hydrogen-bond acceptors (Lipinski definition) is 5. The zero-order valence-corrected chi connectivity index (χ0v) is 17.6. The molecule has 2 N–H and O–H groups in total. The van der Waals surface area contributed by atoms with Gasteiger partial charge in [0, 0.05) is 13.1 Å². The second-order valence-corrected chi connectivity index (χ2v) is 9.24. The Bertz CT molecular complexity index is 823. The molecule has 0 spiro atoms. The van der Waals surface area contributed by atoms with Crippen LogP contribution in [0.4, 0.5) is 0 Å². The molecule has 0 saturated carbocycles. The first-order valence-corrected chi connectivity index (χ1v) is 10.8. The second-order valence-electron chi connectivity index (χ2n) is 7.38. The van der Waals surface area contributed by atoms with Gasteiger partial charge < -0.3 is 15.4 Å². The molecule has 1 aliphatic heterocycles. The van der Waals surface area contributed by atoms with E-state index in [9.17, 15) is 18.0 Å². The van der Waals surface area contributed by atoms with Crippen LogP contribution < -0.4 is 10.6 Å². The number of rotatable bonds is 6. The first kappa shape index (κ1) is 22.3. The van der Waals surface area contributed by atoms with Crippen molar-refractivity contribution < 1.29 is 22.7 Å². The van der Waals surface area contributed by atoms with Crippen molar-refractivity contribution in [2.24, 2.45) is 5.92 Å². The van der Waals surface area contributed by atoms with Crippen molar-refractivity contribution >= 4 is 21.8 Å². The summed E-state index contributed by atoms with van der Waals surface area (Å²) in [4.78, 5) is 24.0. The van der Waals surface area contributed by atoms with Crippen LogP contribution in [0.5, 0.6) is 0 Å². The Hall–Kier alpha value is -1.97. The normalized spacial score (nSPS) is 18.1. The fourth-order valence-corrected chi connectivity index (χ4v) is 4.73. The van der Waals surface area contributed by atoms with Crippen molar-refractivity contribution in [3.05, 3.63) is 29.3 Å². The molecule has 1 aromatic rings. The van der Waals surface area contributed by atoms with Gasteiger partial charge in [-0.15, -0.1) is 0 Å². The number of hydrogen-bond donors (Lipinski definition) is 2. The number of carbonyl (C=O) groups excluding carboxylic acids is 2. The molecule has 28 heavy (non-hydrogen) atoms. The SMILES string of the molecule is Cc1ccc(C)c(S(=O)(=O)N2CCCO[C@@H]2CNC(=O)C(=O)NCC(C)C)c1. The summed E-state index contributed by atoms with van der Waals surface area (Å²) in [7, 11) is -3.80. The van der Waals surface area contributed by atoms with Crippen LogP contribution in [-0.4, -0.2) is 57.0 Å². The summed E-state index contributed by atoms with van der Waals surface area (Å²) in [6.07, 6.45) is -0.302. The number of ether oxygens (including phenoxy) is 1. The summed E-state index contributed by atoms with van der Waals surface area (Å²) in [5.41, 5.74) is 1.49. The summed E-state index contributed by atoms with van der Waals surface area (Å²) in [6.45, 7) is 8.38. The Labute approximate surface area is 166 Å². The first-order chi connectivity index (χ1) is 13.1. The maximum atomic E-state index is 13.2. The van der Waals surface area contributed by atoms with Crippen molar-refractivity contribution in [3.8, 4) is 0 Å². The lowest BCUT2D eigenvalue weighted by Gasteiger charge is -2.35. The van der Waals surface area contributed by atoms with Crippen LogP contribution in [0.3, 0.4) is 0 Å². The van der Waals surface area contributed by atoms with Crippen LogP contribution in [0.2, 0.25) is 0 Å². The van der Waals surface area contributed by atoms with Gasteiger partial charge >= 0.3 is 11.8 Å². The number of amides is 2. The molecule has 1 saturated heterocycles. The number of carbonyl (C=O) groups is 2. The van der Waals surface area contributed by atoms with Crippen LogP contribution in [0.1, 0.15) is 31.4 Å². The molecule has 8 nitrogen and oxygen atoms in total. The smallest absolute Gasteiger partial charge is 0.309 e. The van der Waals surface area contributed by atoms with Crippen molar-refractivity contribution in [3.63, 3.8) is 0 Å². The van der Waals surface area contributed by atoms with E-state index >= 15 is 0 Å². The maximum absolute atomic E-state index is 13.2. The third-order valence-corrected chi connectivity index (χ3v) is 6.43. The largest absolute Gasteiger partial charge is 0.360 e. The zero-order valence-electron chi connectivity index (χ0n) is 16.8. The van der Waals surface area contributed by atoms with E-state index in [2.05, 4.69) is 10.6 Å².